The number of hydrogen-bond acceptors (Lipinski definition) is 6. The van der Waals surface area contributed by atoms with Crippen LogP contribution in [0.2, 0.25) is 5.02 Å². The largest absolute Gasteiger partial charge is 0.491 e. The lowest BCUT2D eigenvalue weighted by Gasteiger charge is -2.36. The molecule has 1 atom stereocenters. The van der Waals surface area contributed by atoms with Crippen molar-refractivity contribution in [3.8, 4) is 17.1 Å². The maximum atomic E-state index is 11.4. The first-order valence-electron chi connectivity index (χ1n) is 11.5. The molecule has 36 heavy (non-hydrogen) atoms. The third-order valence-electron chi connectivity index (χ3n) is 6.23. The number of benzene rings is 2. The van der Waals surface area contributed by atoms with Crippen molar-refractivity contribution in [3.63, 3.8) is 0 Å². The summed E-state index contributed by atoms with van der Waals surface area (Å²) in [5.74, 6) is -0.696. The van der Waals surface area contributed by atoms with E-state index < -0.39 is 11.9 Å². The predicted octanol–water partition coefficient (Wildman–Crippen LogP) is 5.11. The second kappa shape index (κ2) is 9.87. The van der Waals surface area contributed by atoms with Crippen molar-refractivity contribution in [2.75, 3.05) is 18.1 Å². The SMILES string of the molecule is O=C(O)c1cc(OCC2CCCCN2c2ccc(-c3nc4cc(Cl)ccc4[nH]3)cn2)cc(C(=O)O)c1. The lowest BCUT2D eigenvalue weighted by Crippen LogP contribution is -2.43. The molecule has 10 heteroatoms. The van der Waals surface area contributed by atoms with Crippen molar-refractivity contribution in [1.82, 2.24) is 15.0 Å². The average Bonchev–Trinajstić information content (AvgIpc) is 3.31. The molecule has 1 fully saturated rings. The van der Waals surface area contributed by atoms with Gasteiger partial charge in [-0.05, 0) is 67.8 Å². The summed E-state index contributed by atoms with van der Waals surface area (Å²) in [6.45, 7) is 1.08. The van der Waals surface area contributed by atoms with E-state index in [1.165, 1.54) is 12.1 Å². The normalized spacial score (nSPS) is 15.7. The van der Waals surface area contributed by atoms with Crippen LogP contribution in [0.1, 0.15) is 40.0 Å². The number of imidazole rings is 1. The molecule has 1 saturated heterocycles. The summed E-state index contributed by atoms with van der Waals surface area (Å²) in [6.07, 6.45) is 4.69. The number of fused-ring (bicyclic) bond motifs is 1. The summed E-state index contributed by atoms with van der Waals surface area (Å²) in [7, 11) is 0. The quantitative estimate of drug-likeness (QED) is 0.315. The van der Waals surface area contributed by atoms with Crippen LogP contribution in [-0.2, 0) is 0 Å². The van der Waals surface area contributed by atoms with Gasteiger partial charge in [-0.3, -0.25) is 0 Å². The molecule has 4 aromatic rings. The van der Waals surface area contributed by atoms with Crippen molar-refractivity contribution < 1.29 is 24.5 Å². The number of nitrogens with zero attached hydrogens (tertiary/aromatic N) is 3. The van der Waals surface area contributed by atoms with E-state index in [1.807, 2.05) is 30.3 Å². The Balaban J connectivity index is 1.33. The Labute approximate surface area is 211 Å². The summed E-state index contributed by atoms with van der Waals surface area (Å²) >= 11 is 6.07. The van der Waals surface area contributed by atoms with Crippen molar-refractivity contribution >= 4 is 40.4 Å². The summed E-state index contributed by atoms with van der Waals surface area (Å²) in [6, 6.07) is 13.2. The minimum absolute atomic E-state index is 0.00667. The Morgan fingerprint density at radius 1 is 1.06 bits per heavy atom. The number of anilines is 1. The predicted molar refractivity (Wildman–Crippen MR) is 135 cm³/mol. The van der Waals surface area contributed by atoms with Gasteiger partial charge in [0.05, 0.1) is 28.2 Å². The maximum Gasteiger partial charge on any atom is 0.335 e. The number of ether oxygens (including phenoxy) is 1. The number of carbonyl (C=O) groups is 2. The molecule has 184 valence electrons. The Morgan fingerprint density at radius 3 is 2.53 bits per heavy atom. The Hall–Kier alpha value is -4.11. The van der Waals surface area contributed by atoms with Crippen LogP contribution in [0.15, 0.2) is 54.7 Å². The molecule has 1 aliphatic rings. The fourth-order valence-corrected chi connectivity index (χ4v) is 4.58. The van der Waals surface area contributed by atoms with Gasteiger partial charge in [0, 0.05) is 23.3 Å². The maximum absolute atomic E-state index is 11.4. The smallest absolute Gasteiger partial charge is 0.335 e. The minimum Gasteiger partial charge on any atom is -0.491 e. The highest BCUT2D eigenvalue weighted by molar-refractivity contribution is 6.31. The lowest BCUT2D eigenvalue weighted by molar-refractivity contribution is 0.0696. The standard InChI is InChI=1S/C26H23ClN4O5/c27-18-5-6-21-22(12-18)30-24(29-21)15-4-7-23(28-13-15)31-8-2-1-3-19(31)14-36-20-10-16(25(32)33)9-17(11-20)26(34)35/h4-7,9-13,19H,1-3,8,14H2,(H,29,30)(H,32,33)(H,34,35). The topological polar surface area (TPSA) is 129 Å². The van der Waals surface area contributed by atoms with Crippen molar-refractivity contribution in [2.45, 2.75) is 25.3 Å². The van der Waals surface area contributed by atoms with Gasteiger partial charge in [-0.15, -0.1) is 0 Å². The summed E-state index contributed by atoms with van der Waals surface area (Å²) in [5, 5.41) is 19.2. The van der Waals surface area contributed by atoms with Gasteiger partial charge in [0.25, 0.3) is 0 Å². The minimum atomic E-state index is -1.21. The van der Waals surface area contributed by atoms with E-state index in [-0.39, 0.29) is 29.5 Å². The molecular weight excluding hydrogens is 484 g/mol. The van der Waals surface area contributed by atoms with Crippen LogP contribution in [0.5, 0.6) is 5.75 Å². The van der Waals surface area contributed by atoms with Crippen LogP contribution >= 0.6 is 11.6 Å². The molecule has 1 aliphatic heterocycles. The second-order valence-corrected chi connectivity index (χ2v) is 9.10. The molecule has 1 unspecified atom stereocenters. The van der Waals surface area contributed by atoms with Crippen LogP contribution in [0.25, 0.3) is 22.4 Å². The van der Waals surface area contributed by atoms with Crippen molar-refractivity contribution in [3.05, 3.63) is 70.9 Å². The highest BCUT2D eigenvalue weighted by atomic mass is 35.5. The van der Waals surface area contributed by atoms with E-state index in [2.05, 4.69) is 19.9 Å². The van der Waals surface area contributed by atoms with Gasteiger partial charge >= 0.3 is 11.9 Å². The molecule has 0 bridgehead atoms. The van der Waals surface area contributed by atoms with E-state index in [4.69, 9.17) is 16.3 Å². The number of aromatic nitrogens is 3. The van der Waals surface area contributed by atoms with Crippen molar-refractivity contribution in [2.24, 2.45) is 0 Å². The number of carboxylic acids is 2. The molecule has 0 saturated carbocycles. The number of halogens is 1. The molecule has 3 N–H and O–H groups in total. The van der Waals surface area contributed by atoms with Gasteiger partial charge in [0.2, 0.25) is 0 Å². The first kappa shape index (κ1) is 23.6. The second-order valence-electron chi connectivity index (χ2n) is 8.66. The van der Waals surface area contributed by atoms with E-state index in [1.54, 1.807) is 6.20 Å². The van der Waals surface area contributed by atoms with Crippen molar-refractivity contribution in [1.29, 1.82) is 0 Å². The molecule has 9 nitrogen and oxygen atoms in total. The van der Waals surface area contributed by atoms with Crippen LogP contribution in [0, 0.1) is 0 Å². The lowest BCUT2D eigenvalue weighted by atomic mass is 10.0. The number of aromatic carboxylic acids is 2. The average molecular weight is 507 g/mol. The van der Waals surface area contributed by atoms with Crippen LogP contribution < -0.4 is 9.64 Å². The van der Waals surface area contributed by atoms with Crippen LogP contribution in [0.3, 0.4) is 0 Å². The molecular formula is C26H23ClN4O5. The highest BCUT2D eigenvalue weighted by Crippen LogP contribution is 2.28. The third-order valence-corrected chi connectivity index (χ3v) is 6.47. The molecule has 0 spiro atoms. The number of nitrogens with one attached hydrogen (secondary N) is 1. The highest BCUT2D eigenvalue weighted by Gasteiger charge is 2.25. The number of pyridine rings is 1. The third kappa shape index (κ3) is 4.96. The van der Waals surface area contributed by atoms with Gasteiger partial charge in [-0.1, -0.05) is 11.6 Å². The first-order chi connectivity index (χ1) is 17.4. The molecule has 2 aromatic carbocycles. The van der Waals surface area contributed by atoms with E-state index in [9.17, 15) is 19.8 Å². The number of aromatic amines is 1. The van der Waals surface area contributed by atoms with Gasteiger partial charge in [0.1, 0.15) is 24.0 Å². The monoisotopic (exact) mass is 506 g/mol. The van der Waals surface area contributed by atoms with Gasteiger partial charge < -0.3 is 24.8 Å². The van der Waals surface area contributed by atoms with E-state index in [0.29, 0.717) is 10.8 Å². The number of rotatable bonds is 7. The summed E-state index contributed by atoms with van der Waals surface area (Å²) in [5.41, 5.74) is 2.27. The van der Waals surface area contributed by atoms with Crippen LogP contribution in [0.4, 0.5) is 5.82 Å². The zero-order valence-corrected chi connectivity index (χ0v) is 19.9. The molecule has 2 aromatic heterocycles. The van der Waals surface area contributed by atoms with Gasteiger partial charge in [-0.2, -0.15) is 0 Å². The first-order valence-corrected chi connectivity index (χ1v) is 11.9. The number of hydrogen-bond donors (Lipinski definition) is 3. The number of carboxylic acid groups (broad SMARTS) is 2. The fourth-order valence-electron chi connectivity index (χ4n) is 4.41. The molecule has 0 radical (unpaired) electrons. The van der Waals surface area contributed by atoms with Gasteiger partial charge in [0.15, 0.2) is 0 Å². The molecule has 5 rings (SSSR count). The Kier molecular flexibility index (Phi) is 6.47. The molecule has 0 aliphatic carbocycles. The number of H-pyrrole nitrogens is 1. The Bertz CT molecular complexity index is 1400. The zero-order chi connectivity index (χ0) is 25.2. The molecule has 0 amide bonds. The summed E-state index contributed by atoms with van der Waals surface area (Å²) in [4.78, 5) is 37.5. The van der Waals surface area contributed by atoms with Crippen LogP contribution in [-0.4, -0.2) is 56.3 Å². The Morgan fingerprint density at radius 2 is 1.83 bits per heavy atom. The van der Waals surface area contributed by atoms with E-state index in [0.717, 1.165) is 54.3 Å². The van der Waals surface area contributed by atoms with Gasteiger partial charge in [-0.25, -0.2) is 19.6 Å². The summed E-state index contributed by atoms with van der Waals surface area (Å²) < 4.78 is 5.89. The fraction of sp³-hybridized carbons (Fsp3) is 0.231. The number of piperidine rings is 1. The molecule has 3 heterocycles. The zero-order valence-electron chi connectivity index (χ0n) is 19.1. The van der Waals surface area contributed by atoms with E-state index >= 15 is 0 Å².